The smallest absolute Gasteiger partial charge is 0.123 e. The summed E-state index contributed by atoms with van der Waals surface area (Å²) < 4.78 is 5.92. The number of para-hydroxylation sites is 1. The molecule has 17 heavy (non-hydrogen) atoms. The van der Waals surface area contributed by atoms with Crippen molar-refractivity contribution in [2.75, 3.05) is 6.61 Å². The minimum absolute atomic E-state index is 0.553. The van der Waals surface area contributed by atoms with Crippen molar-refractivity contribution in [2.45, 2.75) is 39.2 Å². The van der Waals surface area contributed by atoms with Crippen LogP contribution in [-0.2, 0) is 6.54 Å². The molecule has 0 bridgehead atoms. The third-order valence-electron chi connectivity index (χ3n) is 3.80. The second-order valence-corrected chi connectivity index (χ2v) is 5.25. The third kappa shape index (κ3) is 3.47. The van der Waals surface area contributed by atoms with Crippen LogP contribution < -0.4 is 10.5 Å². The topological polar surface area (TPSA) is 35.2 Å². The van der Waals surface area contributed by atoms with Gasteiger partial charge in [0.1, 0.15) is 5.75 Å². The number of nitrogens with two attached hydrogens (primary N) is 1. The van der Waals surface area contributed by atoms with E-state index >= 15 is 0 Å². The Hall–Kier alpha value is -1.02. The molecule has 0 saturated heterocycles. The van der Waals surface area contributed by atoms with Gasteiger partial charge in [-0.05, 0) is 30.7 Å². The second-order valence-electron chi connectivity index (χ2n) is 5.25. The molecule has 1 aromatic rings. The minimum atomic E-state index is 0.553. The minimum Gasteiger partial charge on any atom is -0.493 e. The summed E-state index contributed by atoms with van der Waals surface area (Å²) in [5.41, 5.74) is 6.81. The van der Waals surface area contributed by atoms with Gasteiger partial charge < -0.3 is 10.5 Å². The Labute approximate surface area is 104 Å². The average molecular weight is 233 g/mol. The van der Waals surface area contributed by atoms with E-state index in [-0.39, 0.29) is 0 Å². The van der Waals surface area contributed by atoms with E-state index < -0.39 is 0 Å². The highest BCUT2D eigenvalue weighted by Gasteiger charge is 2.18. The zero-order valence-corrected chi connectivity index (χ0v) is 10.7. The van der Waals surface area contributed by atoms with E-state index in [1.807, 2.05) is 24.3 Å². The van der Waals surface area contributed by atoms with Gasteiger partial charge >= 0.3 is 0 Å². The molecule has 0 spiro atoms. The molecule has 1 aliphatic rings. The quantitative estimate of drug-likeness (QED) is 0.865. The van der Waals surface area contributed by atoms with Crippen LogP contribution >= 0.6 is 0 Å². The number of rotatable bonds is 4. The van der Waals surface area contributed by atoms with Crippen LogP contribution in [0.25, 0.3) is 0 Å². The first kappa shape index (κ1) is 12.4. The zero-order chi connectivity index (χ0) is 12.1. The van der Waals surface area contributed by atoms with Crippen LogP contribution in [0.15, 0.2) is 24.3 Å². The Kier molecular flexibility index (Phi) is 4.43. The molecule has 94 valence electrons. The first-order chi connectivity index (χ1) is 8.29. The highest BCUT2D eigenvalue weighted by Crippen LogP contribution is 2.29. The van der Waals surface area contributed by atoms with Gasteiger partial charge in [0.15, 0.2) is 0 Å². The summed E-state index contributed by atoms with van der Waals surface area (Å²) in [5.74, 6) is 2.60. The zero-order valence-electron chi connectivity index (χ0n) is 10.7. The van der Waals surface area contributed by atoms with Gasteiger partial charge in [0.2, 0.25) is 0 Å². The lowest BCUT2D eigenvalue weighted by molar-refractivity contribution is 0.187. The van der Waals surface area contributed by atoms with Gasteiger partial charge in [-0.2, -0.15) is 0 Å². The molecule has 0 amide bonds. The van der Waals surface area contributed by atoms with Crippen LogP contribution in [0.2, 0.25) is 0 Å². The van der Waals surface area contributed by atoms with E-state index in [9.17, 15) is 0 Å². The first-order valence-electron chi connectivity index (χ1n) is 6.70. The van der Waals surface area contributed by atoms with E-state index in [4.69, 9.17) is 10.5 Å². The highest BCUT2D eigenvalue weighted by molar-refractivity contribution is 5.32. The van der Waals surface area contributed by atoms with Gasteiger partial charge in [0.25, 0.3) is 0 Å². The van der Waals surface area contributed by atoms with Crippen LogP contribution in [0, 0.1) is 11.8 Å². The van der Waals surface area contributed by atoms with Crippen molar-refractivity contribution in [2.24, 2.45) is 17.6 Å². The maximum absolute atomic E-state index is 5.92. The fourth-order valence-corrected chi connectivity index (χ4v) is 2.52. The molecule has 0 unspecified atom stereocenters. The average Bonchev–Trinajstić information content (AvgIpc) is 2.38. The predicted molar refractivity (Wildman–Crippen MR) is 71.0 cm³/mol. The van der Waals surface area contributed by atoms with Crippen LogP contribution in [0.5, 0.6) is 5.75 Å². The fraction of sp³-hybridized carbons (Fsp3) is 0.600. The second kappa shape index (κ2) is 6.06. The van der Waals surface area contributed by atoms with Crippen LogP contribution in [-0.4, -0.2) is 6.61 Å². The Morgan fingerprint density at radius 2 is 1.88 bits per heavy atom. The summed E-state index contributed by atoms with van der Waals surface area (Å²) in [4.78, 5) is 0. The number of hydrogen-bond donors (Lipinski definition) is 1. The molecule has 1 aromatic carbocycles. The van der Waals surface area contributed by atoms with Gasteiger partial charge in [-0.25, -0.2) is 0 Å². The van der Waals surface area contributed by atoms with Crippen molar-refractivity contribution in [3.8, 4) is 5.75 Å². The molecule has 0 radical (unpaired) electrons. The number of ether oxygens (including phenoxy) is 1. The molecule has 1 aliphatic carbocycles. The number of hydrogen-bond acceptors (Lipinski definition) is 2. The van der Waals surface area contributed by atoms with E-state index in [0.717, 1.165) is 29.8 Å². The van der Waals surface area contributed by atoms with Crippen LogP contribution in [0.3, 0.4) is 0 Å². The molecule has 0 atom stereocenters. The van der Waals surface area contributed by atoms with Crippen molar-refractivity contribution in [1.29, 1.82) is 0 Å². The van der Waals surface area contributed by atoms with E-state index in [1.165, 1.54) is 25.7 Å². The largest absolute Gasteiger partial charge is 0.493 e. The summed E-state index contributed by atoms with van der Waals surface area (Å²) in [6.45, 7) is 3.75. The van der Waals surface area contributed by atoms with Gasteiger partial charge in [0, 0.05) is 12.1 Å². The Balaban J connectivity index is 1.85. The molecule has 2 rings (SSSR count). The summed E-state index contributed by atoms with van der Waals surface area (Å²) >= 11 is 0. The Bertz CT molecular complexity index is 343. The molecule has 0 heterocycles. The van der Waals surface area contributed by atoms with Crippen molar-refractivity contribution >= 4 is 0 Å². The van der Waals surface area contributed by atoms with Gasteiger partial charge in [-0.1, -0.05) is 38.0 Å². The molecular formula is C15H23NO. The molecule has 0 aliphatic heterocycles. The van der Waals surface area contributed by atoms with Crippen molar-refractivity contribution in [1.82, 2.24) is 0 Å². The summed E-state index contributed by atoms with van der Waals surface area (Å²) in [7, 11) is 0. The summed E-state index contributed by atoms with van der Waals surface area (Å²) in [6.07, 6.45) is 5.33. The SMILES string of the molecule is CC1CCC(COc2ccccc2CN)CC1. The van der Waals surface area contributed by atoms with Crippen molar-refractivity contribution in [3.63, 3.8) is 0 Å². The van der Waals surface area contributed by atoms with E-state index in [2.05, 4.69) is 6.92 Å². The lowest BCUT2D eigenvalue weighted by Crippen LogP contribution is -2.19. The molecule has 2 N–H and O–H groups in total. The van der Waals surface area contributed by atoms with E-state index in [1.54, 1.807) is 0 Å². The van der Waals surface area contributed by atoms with Gasteiger partial charge in [-0.15, -0.1) is 0 Å². The molecular weight excluding hydrogens is 210 g/mol. The highest BCUT2D eigenvalue weighted by atomic mass is 16.5. The standard InChI is InChI=1S/C15H23NO/c1-12-6-8-13(9-7-12)11-17-15-5-3-2-4-14(15)10-16/h2-5,12-13H,6-11,16H2,1H3. The van der Waals surface area contributed by atoms with Crippen molar-refractivity contribution < 1.29 is 4.74 Å². The lowest BCUT2D eigenvalue weighted by Gasteiger charge is -2.26. The Morgan fingerprint density at radius 3 is 2.59 bits per heavy atom. The first-order valence-corrected chi connectivity index (χ1v) is 6.70. The normalized spacial score (nSPS) is 24.6. The van der Waals surface area contributed by atoms with Gasteiger partial charge in [0.05, 0.1) is 6.61 Å². The molecule has 2 nitrogen and oxygen atoms in total. The lowest BCUT2D eigenvalue weighted by atomic mass is 9.83. The van der Waals surface area contributed by atoms with Crippen LogP contribution in [0.4, 0.5) is 0 Å². The molecule has 2 heteroatoms. The van der Waals surface area contributed by atoms with Gasteiger partial charge in [-0.3, -0.25) is 0 Å². The third-order valence-corrected chi connectivity index (χ3v) is 3.80. The fourth-order valence-electron chi connectivity index (χ4n) is 2.52. The van der Waals surface area contributed by atoms with Crippen molar-refractivity contribution in [3.05, 3.63) is 29.8 Å². The number of benzene rings is 1. The maximum Gasteiger partial charge on any atom is 0.123 e. The molecule has 0 aromatic heterocycles. The molecule has 1 saturated carbocycles. The summed E-state index contributed by atoms with van der Waals surface area (Å²) in [6, 6.07) is 8.08. The van der Waals surface area contributed by atoms with E-state index in [0.29, 0.717) is 6.54 Å². The van der Waals surface area contributed by atoms with Crippen LogP contribution in [0.1, 0.15) is 38.2 Å². The predicted octanol–water partition coefficient (Wildman–Crippen LogP) is 3.35. The Morgan fingerprint density at radius 1 is 1.18 bits per heavy atom. The molecule has 1 fully saturated rings. The maximum atomic E-state index is 5.92. The monoisotopic (exact) mass is 233 g/mol. The summed E-state index contributed by atoms with van der Waals surface area (Å²) in [5, 5.41) is 0.